The minimum absolute atomic E-state index is 0. The quantitative estimate of drug-likeness (QED) is 0.820. The number of nitrogens with one attached hydrogen (secondary N) is 1. The first-order chi connectivity index (χ1) is 11.6. The minimum Gasteiger partial charge on any atom is -0.494 e. The molecule has 4 heterocycles. The van der Waals surface area contributed by atoms with Gasteiger partial charge in [0.05, 0.1) is 37.6 Å². The number of carbonyl (C=O) groups is 1. The van der Waals surface area contributed by atoms with Crippen molar-refractivity contribution in [3.05, 3.63) is 23.5 Å². The van der Waals surface area contributed by atoms with Gasteiger partial charge in [-0.2, -0.15) is 0 Å². The van der Waals surface area contributed by atoms with Crippen LogP contribution in [-0.2, 0) is 4.74 Å². The second-order valence-electron chi connectivity index (χ2n) is 7.33. The van der Waals surface area contributed by atoms with Crippen molar-refractivity contribution in [2.24, 2.45) is 0 Å². The third-order valence-corrected chi connectivity index (χ3v) is 5.56. The van der Waals surface area contributed by atoms with E-state index in [0.29, 0.717) is 43.1 Å². The maximum Gasteiger partial charge on any atom is 0.257 e. The lowest BCUT2D eigenvalue weighted by atomic mass is 9.85. The van der Waals surface area contributed by atoms with E-state index >= 15 is 0 Å². The second-order valence-corrected chi connectivity index (χ2v) is 7.33. The van der Waals surface area contributed by atoms with Crippen LogP contribution in [0.15, 0.2) is 12.3 Å². The van der Waals surface area contributed by atoms with Gasteiger partial charge in [-0.25, -0.2) is 0 Å². The third kappa shape index (κ3) is 3.93. The fourth-order valence-electron chi connectivity index (χ4n) is 4.52. The van der Waals surface area contributed by atoms with Crippen LogP contribution in [0.1, 0.15) is 41.7 Å². The predicted molar refractivity (Wildman–Crippen MR) is 104 cm³/mol. The van der Waals surface area contributed by atoms with E-state index in [2.05, 4.69) is 10.3 Å². The van der Waals surface area contributed by atoms with E-state index in [4.69, 9.17) is 9.47 Å². The van der Waals surface area contributed by atoms with Gasteiger partial charge in [0.1, 0.15) is 5.75 Å². The standard InChI is InChI=1S/C18H25N3O3.2ClH/c1-12-7-15(16(23-2)10-19-12)17(22)21-5-6-24-18(11-21)8-13-3-4-14(9-18)20-13;;/h7,10,13-14,20H,3-6,8-9,11H2,1-2H3;2*1H/t13-,14+,18?;;. The van der Waals surface area contributed by atoms with Gasteiger partial charge in [0.25, 0.3) is 5.91 Å². The molecule has 3 atom stereocenters. The van der Waals surface area contributed by atoms with Crippen LogP contribution in [0.4, 0.5) is 0 Å². The van der Waals surface area contributed by atoms with Gasteiger partial charge in [-0.15, -0.1) is 24.8 Å². The maximum absolute atomic E-state index is 13.1. The van der Waals surface area contributed by atoms with Gasteiger partial charge in [-0.3, -0.25) is 9.78 Å². The van der Waals surface area contributed by atoms with Crippen LogP contribution in [-0.4, -0.2) is 60.3 Å². The molecule has 1 unspecified atom stereocenters. The highest BCUT2D eigenvalue weighted by molar-refractivity contribution is 5.97. The zero-order chi connectivity index (χ0) is 16.7. The summed E-state index contributed by atoms with van der Waals surface area (Å²) in [7, 11) is 1.58. The topological polar surface area (TPSA) is 63.7 Å². The lowest BCUT2D eigenvalue weighted by Gasteiger charge is -2.47. The van der Waals surface area contributed by atoms with Crippen LogP contribution in [0.3, 0.4) is 0 Å². The Balaban J connectivity index is 0.00000121. The Hall–Kier alpha value is -1.08. The van der Waals surface area contributed by atoms with Gasteiger partial charge < -0.3 is 19.7 Å². The molecule has 3 saturated heterocycles. The Morgan fingerprint density at radius 2 is 2.04 bits per heavy atom. The number of aromatic nitrogens is 1. The Bertz CT molecular complexity index is 647. The van der Waals surface area contributed by atoms with E-state index < -0.39 is 0 Å². The summed E-state index contributed by atoms with van der Waals surface area (Å²) in [6.45, 7) is 3.80. The molecule has 6 nitrogen and oxygen atoms in total. The summed E-state index contributed by atoms with van der Waals surface area (Å²) < 4.78 is 11.5. The molecule has 3 aliphatic heterocycles. The number of hydrogen-bond donors (Lipinski definition) is 1. The summed E-state index contributed by atoms with van der Waals surface area (Å²) in [5.74, 6) is 0.558. The van der Waals surface area contributed by atoms with Crippen molar-refractivity contribution in [1.29, 1.82) is 0 Å². The first-order valence-corrected chi connectivity index (χ1v) is 8.78. The normalized spacial score (nSPS) is 29.7. The molecule has 0 aliphatic carbocycles. The van der Waals surface area contributed by atoms with Crippen molar-refractivity contribution in [3.8, 4) is 5.75 Å². The van der Waals surface area contributed by atoms with Crippen molar-refractivity contribution >= 4 is 30.7 Å². The van der Waals surface area contributed by atoms with E-state index in [1.165, 1.54) is 12.8 Å². The molecule has 0 saturated carbocycles. The molecule has 3 aliphatic rings. The molecule has 1 aromatic heterocycles. The smallest absolute Gasteiger partial charge is 0.257 e. The number of ether oxygens (including phenoxy) is 2. The average Bonchev–Trinajstić information content (AvgIpc) is 2.93. The van der Waals surface area contributed by atoms with Crippen LogP contribution in [0.2, 0.25) is 0 Å². The number of pyridine rings is 1. The number of aryl methyl sites for hydroxylation is 1. The highest BCUT2D eigenvalue weighted by Gasteiger charge is 2.47. The third-order valence-electron chi connectivity index (χ3n) is 5.56. The summed E-state index contributed by atoms with van der Waals surface area (Å²) in [4.78, 5) is 19.2. The molecule has 3 fully saturated rings. The molecule has 0 aromatic carbocycles. The first kappa shape index (κ1) is 21.2. The Kier molecular flexibility index (Phi) is 6.77. The van der Waals surface area contributed by atoms with Gasteiger partial charge >= 0.3 is 0 Å². The number of amides is 1. The van der Waals surface area contributed by atoms with Crippen LogP contribution >= 0.6 is 24.8 Å². The molecule has 0 radical (unpaired) electrons. The maximum atomic E-state index is 13.1. The predicted octanol–water partition coefficient (Wildman–Crippen LogP) is 2.37. The minimum atomic E-state index is -0.180. The van der Waals surface area contributed by atoms with Gasteiger partial charge in [0.2, 0.25) is 0 Å². The Morgan fingerprint density at radius 3 is 2.69 bits per heavy atom. The summed E-state index contributed by atoms with van der Waals surface area (Å²) >= 11 is 0. The largest absolute Gasteiger partial charge is 0.494 e. The van der Waals surface area contributed by atoms with E-state index in [0.717, 1.165) is 18.5 Å². The average molecular weight is 404 g/mol. The Morgan fingerprint density at radius 1 is 1.35 bits per heavy atom. The highest BCUT2D eigenvalue weighted by atomic mass is 35.5. The lowest BCUT2D eigenvalue weighted by molar-refractivity contribution is -0.122. The number of fused-ring (bicyclic) bond motifs is 2. The number of nitrogens with zero attached hydrogens (tertiary/aromatic N) is 2. The fraction of sp³-hybridized carbons (Fsp3) is 0.667. The molecular weight excluding hydrogens is 377 g/mol. The second kappa shape index (κ2) is 8.30. The van der Waals surface area contributed by atoms with Gasteiger partial charge in [0, 0.05) is 24.3 Å². The van der Waals surface area contributed by atoms with Crippen molar-refractivity contribution < 1.29 is 14.3 Å². The number of rotatable bonds is 2. The van der Waals surface area contributed by atoms with Crippen molar-refractivity contribution in [1.82, 2.24) is 15.2 Å². The molecule has 1 N–H and O–H groups in total. The van der Waals surface area contributed by atoms with Crippen molar-refractivity contribution in [2.75, 3.05) is 26.8 Å². The van der Waals surface area contributed by atoms with E-state index in [1.807, 2.05) is 17.9 Å². The van der Waals surface area contributed by atoms with Crippen LogP contribution < -0.4 is 10.1 Å². The summed E-state index contributed by atoms with van der Waals surface area (Å²) in [6.07, 6.45) is 6.07. The summed E-state index contributed by atoms with van der Waals surface area (Å²) in [5, 5.41) is 3.65. The van der Waals surface area contributed by atoms with Gasteiger partial charge in [-0.05, 0) is 38.7 Å². The molecule has 26 heavy (non-hydrogen) atoms. The zero-order valence-corrected chi connectivity index (χ0v) is 16.8. The molecule has 2 bridgehead atoms. The summed E-state index contributed by atoms with van der Waals surface area (Å²) in [5.41, 5.74) is 1.24. The molecule has 4 rings (SSSR count). The van der Waals surface area contributed by atoms with Crippen LogP contribution in [0.25, 0.3) is 0 Å². The summed E-state index contributed by atoms with van der Waals surface area (Å²) in [6, 6.07) is 2.89. The van der Waals surface area contributed by atoms with E-state index in [1.54, 1.807) is 13.3 Å². The molecular formula is C18H27Cl2N3O3. The number of halogens is 2. The molecule has 8 heteroatoms. The fourth-order valence-corrected chi connectivity index (χ4v) is 4.52. The van der Waals surface area contributed by atoms with E-state index in [9.17, 15) is 4.79 Å². The van der Waals surface area contributed by atoms with Crippen molar-refractivity contribution in [3.63, 3.8) is 0 Å². The lowest BCUT2D eigenvalue weighted by Crippen LogP contribution is -2.60. The molecule has 1 amide bonds. The first-order valence-electron chi connectivity index (χ1n) is 8.78. The SMILES string of the molecule is COc1cnc(C)cc1C(=O)N1CCOC2(C[C@H]3CC[C@@H](C2)N3)C1.Cl.Cl. The van der Waals surface area contributed by atoms with Gasteiger partial charge in [-0.1, -0.05) is 0 Å². The number of hydrogen-bond acceptors (Lipinski definition) is 5. The zero-order valence-electron chi connectivity index (χ0n) is 15.2. The number of methoxy groups -OCH3 is 1. The van der Waals surface area contributed by atoms with Crippen LogP contribution in [0.5, 0.6) is 5.75 Å². The monoisotopic (exact) mass is 403 g/mol. The highest BCUT2D eigenvalue weighted by Crippen LogP contribution is 2.39. The molecule has 1 aromatic rings. The molecule has 1 spiro atoms. The number of morpholine rings is 1. The Labute approximate surface area is 166 Å². The van der Waals surface area contributed by atoms with E-state index in [-0.39, 0.29) is 36.3 Å². The van der Waals surface area contributed by atoms with Gasteiger partial charge in [0.15, 0.2) is 0 Å². The number of piperidine rings is 1. The number of carbonyl (C=O) groups excluding carboxylic acids is 1. The molecule has 146 valence electrons. The van der Waals surface area contributed by atoms with Crippen molar-refractivity contribution in [2.45, 2.75) is 50.3 Å². The van der Waals surface area contributed by atoms with Crippen LogP contribution in [0, 0.1) is 6.92 Å².